The highest BCUT2D eigenvalue weighted by atomic mass is 32.2. The van der Waals surface area contributed by atoms with Gasteiger partial charge in [-0.25, -0.2) is 9.20 Å². The first-order valence-electron chi connectivity index (χ1n) is 12.8. The second kappa shape index (κ2) is 11.7. The van der Waals surface area contributed by atoms with Crippen molar-refractivity contribution in [3.63, 3.8) is 0 Å². The molecule has 1 N–H and O–H groups in total. The number of pyridine rings is 1. The maximum absolute atomic E-state index is 13.0. The Morgan fingerprint density at radius 3 is 2.74 bits per heavy atom. The molecule has 1 aromatic rings. The summed E-state index contributed by atoms with van der Waals surface area (Å²) in [4.78, 5) is 12.0. The van der Waals surface area contributed by atoms with Crippen LogP contribution in [0.15, 0.2) is 46.9 Å². The van der Waals surface area contributed by atoms with Crippen LogP contribution in [0.2, 0.25) is 0 Å². The van der Waals surface area contributed by atoms with E-state index >= 15 is 0 Å². The van der Waals surface area contributed by atoms with Gasteiger partial charge in [0.2, 0.25) is 0 Å². The molecule has 2 heterocycles. The number of allylic oxidation sites excluding steroid dienone is 3. The summed E-state index contributed by atoms with van der Waals surface area (Å²) < 4.78 is 26.5. The molecule has 0 spiro atoms. The van der Waals surface area contributed by atoms with Crippen LogP contribution in [0.25, 0.3) is 6.08 Å². The van der Waals surface area contributed by atoms with Crippen LogP contribution in [-0.2, 0) is 14.5 Å². The van der Waals surface area contributed by atoms with E-state index < -0.39 is 14.5 Å². The Kier molecular flexibility index (Phi) is 9.11. The van der Waals surface area contributed by atoms with Gasteiger partial charge in [-0.15, -0.1) is 0 Å². The number of morpholine rings is 1. The normalized spacial score (nSPS) is 23.0. The summed E-state index contributed by atoms with van der Waals surface area (Å²) in [6.45, 7) is 12.5. The number of hydrogen-bond acceptors (Lipinski definition) is 6. The molecule has 1 saturated carbocycles. The minimum absolute atomic E-state index is 0.176. The average Bonchev–Trinajstić information content (AvgIpc) is 3.62. The molecule has 3 rings (SSSR count). The predicted molar refractivity (Wildman–Crippen MR) is 147 cm³/mol. The number of aromatic nitrogens is 1. The molecule has 2 aliphatic rings. The minimum Gasteiger partial charge on any atom is -0.377 e. The van der Waals surface area contributed by atoms with E-state index in [9.17, 15) is 4.21 Å². The van der Waals surface area contributed by atoms with Crippen molar-refractivity contribution in [2.75, 3.05) is 26.0 Å². The van der Waals surface area contributed by atoms with Gasteiger partial charge in [-0.3, -0.25) is 9.76 Å². The molecule has 2 atom stereocenters. The van der Waals surface area contributed by atoms with Crippen molar-refractivity contribution < 1.29 is 8.95 Å². The van der Waals surface area contributed by atoms with E-state index in [0.717, 1.165) is 72.6 Å². The van der Waals surface area contributed by atoms with Crippen molar-refractivity contribution in [2.45, 2.75) is 77.5 Å². The second-order valence-electron chi connectivity index (χ2n) is 9.77. The lowest BCUT2D eigenvalue weighted by Gasteiger charge is -2.36. The van der Waals surface area contributed by atoms with Crippen LogP contribution in [0, 0.1) is 11.7 Å². The van der Waals surface area contributed by atoms with Crippen LogP contribution in [0.5, 0.6) is 0 Å². The third-order valence-corrected chi connectivity index (χ3v) is 9.08. The molecule has 0 aromatic carbocycles. The molecule has 7 heteroatoms. The molecule has 0 radical (unpaired) electrons. The smallest absolute Gasteiger partial charge is 0.129 e. The highest BCUT2D eigenvalue weighted by Crippen LogP contribution is 2.50. The SMILES string of the molecule is CC/C=C(/C=C(\N=C(/C)c1ccnc(C)c1/C=C\CCC)N1CCOCC1C)C1(S(C)(=N)=O)CC1. The predicted octanol–water partition coefficient (Wildman–Crippen LogP) is 6.12. The molecular formula is C28H42N4O2S. The third-order valence-electron chi connectivity index (χ3n) is 6.95. The minimum atomic E-state index is -2.73. The molecule has 1 aromatic heterocycles. The number of hydrogen-bond donors (Lipinski definition) is 1. The standard InChI is InChI=1S/C28H42N4O2S/c1-7-9-10-12-25-22(4)30-16-13-26(25)23(5)31-27(32-17-18-34-20-21(32)3)19-24(11-8-2)28(14-15-28)35(6,29)33/h10-13,16,19,21,29H,7-9,14-15,17-18,20H2,1-6H3/b12-10-,24-11-,27-19+,31-23+. The van der Waals surface area contributed by atoms with Gasteiger partial charge in [-0.2, -0.15) is 0 Å². The summed E-state index contributed by atoms with van der Waals surface area (Å²) in [5, 5.41) is 0. The van der Waals surface area contributed by atoms with Gasteiger partial charge in [0.1, 0.15) is 5.82 Å². The van der Waals surface area contributed by atoms with E-state index in [4.69, 9.17) is 14.5 Å². The van der Waals surface area contributed by atoms with E-state index in [2.05, 4.69) is 61.9 Å². The fourth-order valence-corrected chi connectivity index (χ4v) is 6.18. The van der Waals surface area contributed by atoms with Crippen LogP contribution >= 0.6 is 0 Å². The van der Waals surface area contributed by atoms with Gasteiger partial charge in [-0.05, 0) is 64.2 Å². The maximum Gasteiger partial charge on any atom is 0.129 e. The van der Waals surface area contributed by atoms with Crippen molar-refractivity contribution in [3.05, 3.63) is 58.7 Å². The highest BCUT2D eigenvalue weighted by molar-refractivity contribution is 7.93. The van der Waals surface area contributed by atoms with Gasteiger partial charge in [0.05, 0.1) is 33.7 Å². The van der Waals surface area contributed by atoms with Gasteiger partial charge < -0.3 is 9.64 Å². The summed E-state index contributed by atoms with van der Waals surface area (Å²) in [6, 6.07) is 2.21. The van der Waals surface area contributed by atoms with Crippen molar-refractivity contribution in [2.24, 2.45) is 4.99 Å². The first-order chi connectivity index (χ1) is 16.6. The molecule has 2 unspecified atom stereocenters. The van der Waals surface area contributed by atoms with Crippen molar-refractivity contribution in [1.82, 2.24) is 9.88 Å². The molecule has 1 saturated heterocycles. The molecule has 1 aliphatic carbocycles. The number of nitrogens with zero attached hydrogens (tertiary/aromatic N) is 3. The highest BCUT2D eigenvalue weighted by Gasteiger charge is 2.52. The number of nitrogens with one attached hydrogen (secondary N) is 1. The van der Waals surface area contributed by atoms with E-state index in [1.807, 2.05) is 19.2 Å². The lowest BCUT2D eigenvalue weighted by atomic mass is 10.0. The Labute approximate surface area is 212 Å². The molecule has 0 amide bonds. The number of unbranched alkanes of at least 4 members (excludes halogenated alkanes) is 1. The van der Waals surface area contributed by atoms with E-state index in [-0.39, 0.29) is 6.04 Å². The first kappa shape index (κ1) is 27.3. The lowest BCUT2D eigenvalue weighted by molar-refractivity contribution is 0.0164. The van der Waals surface area contributed by atoms with Crippen LogP contribution < -0.4 is 0 Å². The second-order valence-corrected chi connectivity index (χ2v) is 12.2. The quantitative estimate of drug-likeness (QED) is 0.311. The number of aryl methyl sites for hydroxylation is 1. The lowest BCUT2D eigenvalue weighted by Crippen LogP contribution is -2.42. The van der Waals surface area contributed by atoms with E-state index in [1.165, 1.54) is 0 Å². The third kappa shape index (κ3) is 6.31. The van der Waals surface area contributed by atoms with Crippen LogP contribution in [0.3, 0.4) is 0 Å². The maximum atomic E-state index is 13.0. The molecule has 1 aliphatic heterocycles. The molecule has 0 bridgehead atoms. The van der Waals surface area contributed by atoms with Crippen molar-refractivity contribution in [1.29, 1.82) is 4.78 Å². The summed E-state index contributed by atoms with van der Waals surface area (Å²) in [6.07, 6.45) is 16.6. The zero-order valence-corrected chi connectivity index (χ0v) is 23.1. The van der Waals surface area contributed by atoms with Gasteiger partial charge in [0, 0.05) is 41.5 Å². The fraction of sp³-hybridized carbons (Fsp3) is 0.571. The number of aliphatic imine (C=N–C) groups is 1. The van der Waals surface area contributed by atoms with Gasteiger partial charge in [0.15, 0.2) is 0 Å². The first-order valence-corrected chi connectivity index (χ1v) is 14.8. The monoisotopic (exact) mass is 498 g/mol. The molecule has 2 fully saturated rings. The number of rotatable bonds is 10. The average molecular weight is 499 g/mol. The van der Waals surface area contributed by atoms with E-state index in [1.54, 1.807) is 6.26 Å². The fourth-order valence-electron chi connectivity index (χ4n) is 4.70. The summed E-state index contributed by atoms with van der Waals surface area (Å²) >= 11 is 0. The van der Waals surface area contributed by atoms with Crippen molar-refractivity contribution in [3.8, 4) is 0 Å². The topological polar surface area (TPSA) is 78.6 Å². The van der Waals surface area contributed by atoms with Gasteiger partial charge in [0.25, 0.3) is 0 Å². The summed E-state index contributed by atoms with van der Waals surface area (Å²) in [7, 11) is -2.73. The van der Waals surface area contributed by atoms with Crippen LogP contribution in [0.4, 0.5) is 0 Å². The van der Waals surface area contributed by atoms with E-state index in [0.29, 0.717) is 13.2 Å². The zero-order chi connectivity index (χ0) is 25.6. The summed E-state index contributed by atoms with van der Waals surface area (Å²) in [5.41, 5.74) is 5.06. The summed E-state index contributed by atoms with van der Waals surface area (Å²) in [5.74, 6) is 0.853. The molecule has 35 heavy (non-hydrogen) atoms. The Morgan fingerprint density at radius 2 is 2.14 bits per heavy atom. The van der Waals surface area contributed by atoms with Crippen molar-refractivity contribution >= 4 is 21.5 Å². The zero-order valence-electron chi connectivity index (χ0n) is 22.3. The van der Waals surface area contributed by atoms with Crippen LogP contribution in [0.1, 0.15) is 76.6 Å². The van der Waals surface area contributed by atoms with Gasteiger partial charge >= 0.3 is 0 Å². The Morgan fingerprint density at radius 1 is 1.40 bits per heavy atom. The molecule has 192 valence electrons. The Balaban J connectivity index is 2.13. The largest absolute Gasteiger partial charge is 0.377 e. The Bertz CT molecular complexity index is 1130. The molecule has 6 nitrogen and oxygen atoms in total. The Hall–Kier alpha value is -2.25. The van der Waals surface area contributed by atoms with Crippen LogP contribution in [-0.4, -0.2) is 56.6 Å². The van der Waals surface area contributed by atoms with Gasteiger partial charge in [-0.1, -0.05) is 38.5 Å². The molecular weight excluding hydrogens is 456 g/mol. The number of ether oxygens (including phenoxy) is 1.